The first kappa shape index (κ1) is 20.4. The molecule has 150 valence electrons. The smallest absolute Gasteiger partial charge is 0.243 e. The minimum absolute atomic E-state index is 0.0739. The minimum atomic E-state index is -3.62. The van der Waals surface area contributed by atoms with Crippen molar-refractivity contribution in [1.82, 2.24) is 4.31 Å². The molecule has 1 amide bonds. The maximum atomic E-state index is 12.7. The van der Waals surface area contributed by atoms with Gasteiger partial charge in [-0.25, -0.2) is 8.42 Å². The Hall–Kier alpha value is -2.38. The van der Waals surface area contributed by atoms with Gasteiger partial charge in [0.2, 0.25) is 15.9 Å². The summed E-state index contributed by atoms with van der Waals surface area (Å²) in [6.07, 6.45) is 1.88. The van der Waals surface area contributed by atoms with Gasteiger partial charge >= 0.3 is 0 Å². The summed E-state index contributed by atoms with van der Waals surface area (Å²) < 4.78 is 26.9. The number of carbonyl (C=O) groups excluding carboxylic acids is 1. The molecule has 1 fully saturated rings. The van der Waals surface area contributed by atoms with Gasteiger partial charge in [0.05, 0.1) is 10.6 Å². The van der Waals surface area contributed by atoms with Gasteiger partial charge in [0.25, 0.3) is 0 Å². The van der Waals surface area contributed by atoms with Crippen molar-refractivity contribution >= 4 is 21.6 Å². The van der Waals surface area contributed by atoms with E-state index in [2.05, 4.69) is 5.32 Å². The molecule has 3 rings (SSSR count). The van der Waals surface area contributed by atoms with Crippen LogP contribution in [-0.4, -0.2) is 36.8 Å². The highest BCUT2D eigenvalue weighted by Crippen LogP contribution is 2.31. The first-order valence-electron chi connectivity index (χ1n) is 9.39. The summed E-state index contributed by atoms with van der Waals surface area (Å²) in [5.41, 5.74) is 0.731. The highest BCUT2D eigenvalue weighted by molar-refractivity contribution is 7.89. The van der Waals surface area contributed by atoms with E-state index >= 15 is 0 Å². The zero-order valence-corrected chi connectivity index (χ0v) is 17.0. The number of hydrogen-bond donors (Lipinski definition) is 2. The molecule has 1 saturated heterocycles. The van der Waals surface area contributed by atoms with Crippen molar-refractivity contribution in [3.8, 4) is 5.75 Å². The lowest BCUT2D eigenvalue weighted by atomic mass is 9.81. The Labute approximate surface area is 166 Å². The molecule has 2 N–H and O–H groups in total. The molecule has 7 heteroatoms. The van der Waals surface area contributed by atoms with E-state index in [4.69, 9.17) is 0 Å². The van der Waals surface area contributed by atoms with Gasteiger partial charge in [-0.15, -0.1) is 0 Å². The zero-order valence-electron chi connectivity index (χ0n) is 16.2. The minimum Gasteiger partial charge on any atom is -0.506 e. The number of hydrogen-bond acceptors (Lipinski definition) is 4. The molecule has 0 bridgehead atoms. The predicted octanol–water partition coefficient (Wildman–Crippen LogP) is 3.48. The van der Waals surface area contributed by atoms with E-state index in [-0.39, 0.29) is 28.7 Å². The number of rotatable bonds is 6. The number of sulfonamides is 1. The van der Waals surface area contributed by atoms with Crippen LogP contribution < -0.4 is 5.32 Å². The Bertz CT molecular complexity index is 950. The number of benzene rings is 2. The quantitative estimate of drug-likeness (QED) is 0.724. The van der Waals surface area contributed by atoms with Gasteiger partial charge in [0.15, 0.2) is 0 Å². The number of phenolic OH excluding ortho intramolecular Hbond substituents is 1. The second-order valence-electron chi connectivity index (χ2n) is 7.77. The Morgan fingerprint density at radius 3 is 2.39 bits per heavy atom. The maximum absolute atomic E-state index is 12.7. The van der Waals surface area contributed by atoms with Crippen LogP contribution in [-0.2, 0) is 20.2 Å². The first-order valence-corrected chi connectivity index (χ1v) is 10.8. The molecule has 1 heterocycles. The fourth-order valence-corrected chi connectivity index (χ4v) is 4.98. The maximum Gasteiger partial charge on any atom is 0.243 e. The molecule has 0 unspecified atom stereocenters. The van der Waals surface area contributed by atoms with E-state index < -0.39 is 15.4 Å². The second-order valence-corrected chi connectivity index (χ2v) is 9.70. The van der Waals surface area contributed by atoms with Gasteiger partial charge in [0.1, 0.15) is 5.75 Å². The van der Waals surface area contributed by atoms with Gasteiger partial charge in [-0.1, -0.05) is 44.2 Å². The highest BCUT2D eigenvalue weighted by Gasteiger charge is 2.28. The van der Waals surface area contributed by atoms with Gasteiger partial charge in [0, 0.05) is 19.5 Å². The number of anilines is 1. The molecule has 0 atom stereocenters. The Kier molecular flexibility index (Phi) is 5.76. The van der Waals surface area contributed by atoms with E-state index in [0.29, 0.717) is 13.1 Å². The van der Waals surface area contributed by atoms with Crippen LogP contribution in [0.3, 0.4) is 0 Å². The number of nitrogens with one attached hydrogen (secondary N) is 1. The highest BCUT2D eigenvalue weighted by atomic mass is 32.2. The monoisotopic (exact) mass is 402 g/mol. The van der Waals surface area contributed by atoms with Crippen LogP contribution in [0, 0.1) is 0 Å². The molecule has 0 aromatic heterocycles. The Morgan fingerprint density at radius 2 is 1.75 bits per heavy atom. The van der Waals surface area contributed by atoms with Gasteiger partial charge < -0.3 is 10.4 Å². The molecule has 0 saturated carbocycles. The van der Waals surface area contributed by atoms with Crippen LogP contribution in [0.4, 0.5) is 5.69 Å². The summed E-state index contributed by atoms with van der Waals surface area (Å²) in [6.45, 7) is 4.93. The fraction of sp³-hybridized carbons (Fsp3) is 0.381. The molecule has 0 aliphatic carbocycles. The van der Waals surface area contributed by atoms with Crippen molar-refractivity contribution in [1.29, 1.82) is 0 Å². The van der Waals surface area contributed by atoms with Crippen LogP contribution in [0.15, 0.2) is 53.4 Å². The third-order valence-corrected chi connectivity index (χ3v) is 7.00. The van der Waals surface area contributed by atoms with Crippen LogP contribution in [0.2, 0.25) is 0 Å². The standard InChI is InChI=1S/C21H26N2O4S/c1-21(2,16-8-4-3-5-9-16)15-20(25)22-18-14-17(10-11-19(18)24)28(26,27)23-12-6-7-13-23/h3-5,8-11,14,24H,6-7,12-13,15H2,1-2H3,(H,22,25). The summed E-state index contributed by atoms with van der Waals surface area (Å²) in [4.78, 5) is 12.7. The molecule has 2 aromatic rings. The van der Waals surface area contributed by atoms with Crippen molar-refractivity contribution in [2.75, 3.05) is 18.4 Å². The number of carbonyl (C=O) groups is 1. The van der Waals surface area contributed by atoms with Crippen LogP contribution in [0.25, 0.3) is 0 Å². The third kappa shape index (κ3) is 4.36. The van der Waals surface area contributed by atoms with Crippen molar-refractivity contribution in [3.05, 3.63) is 54.1 Å². The average Bonchev–Trinajstić information content (AvgIpc) is 3.19. The molecule has 1 aliphatic rings. The summed E-state index contributed by atoms with van der Waals surface area (Å²) in [6, 6.07) is 13.7. The molecule has 1 aliphatic heterocycles. The number of phenols is 1. The van der Waals surface area contributed by atoms with E-state index in [1.165, 1.54) is 22.5 Å². The van der Waals surface area contributed by atoms with Crippen LogP contribution >= 0.6 is 0 Å². The van der Waals surface area contributed by atoms with Gasteiger partial charge in [-0.3, -0.25) is 4.79 Å². The SMILES string of the molecule is CC(C)(CC(=O)Nc1cc(S(=O)(=O)N2CCCC2)ccc1O)c1ccccc1. The zero-order chi connectivity index (χ0) is 20.4. The van der Waals surface area contributed by atoms with E-state index in [1.54, 1.807) is 0 Å². The lowest BCUT2D eigenvalue weighted by Gasteiger charge is -2.24. The van der Waals surface area contributed by atoms with E-state index in [9.17, 15) is 18.3 Å². The van der Waals surface area contributed by atoms with Gasteiger partial charge in [-0.05, 0) is 42.0 Å². The molecule has 0 spiro atoms. The molecule has 0 radical (unpaired) electrons. The lowest BCUT2D eigenvalue weighted by Crippen LogP contribution is -2.28. The number of aromatic hydroxyl groups is 1. The normalized spacial score (nSPS) is 15.5. The summed E-state index contributed by atoms with van der Waals surface area (Å²) in [5.74, 6) is -0.453. The number of amides is 1. The van der Waals surface area contributed by atoms with Gasteiger partial charge in [-0.2, -0.15) is 4.31 Å². The molecule has 6 nitrogen and oxygen atoms in total. The molecular formula is C21H26N2O4S. The predicted molar refractivity (Wildman–Crippen MR) is 109 cm³/mol. The molecular weight excluding hydrogens is 376 g/mol. The van der Waals surface area contributed by atoms with E-state index in [1.807, 2.05) is 44.2 Å². The second kappa shape index (κ2) is 7.93. The summed E-state index contributed by atoms with van der Waals surface area (Å²) in [5, 5.41) is 12.8. The fourth-order valence-electron chi connectivity index (χ4n) is 3.44. The molecule has 28 heavy (non-hydrogen) atoms. The number of nitrogens with zero attached hydrogens (tertiary/aromatic N) is 1. The van der Waals surface area contributed by atoms with Crippen LogP contribution in [0.5, 0.6) is 5.75 Å². The van der Waals surface area contributed by atoms with Crippen molar-refractivity contribution < 1.29 is 18.3 Å². The third-order valence-electron chi connectivity index (χ3n) is 5.10. The topological polar surface area (TPSA) is 86.7 Å². The average molecular weight is 403 g/mol. The van der Waals surface area contributed by atoms with E-state index in [0.717, 1.165) is 18.4 Å². The van der Waals surface area contributed by atoms with Crippen molar-refractivity contribution in [2.45, 2.75) is 43.4 Å². The summed E-state index contributed by atoms with van der Waals surface area (Å²) >= 11 is 0. The Balaban J connectivity index is 1.77. The van der Waals surface area contributed by atoms with Crippen molar-refractivity contribution in [2.24, 2.45) is 0 Å². The lowest BCUT2D eigenvalue weighted by molar-refractivity contribution is -0.117. The largest absolute Gasteiger partial charge is 0.506 e. The van der Waals surface area contributed by atoms with Crippen molar-refractivity contribution in [3.63, 3.8) is 0 Å². The molecule has 2 aromatic carbocycles. The van der Waals surface area contributed by atoms with Crippen LogP contribution in [0.1, 0.15) is 38.7 Å². The Morgan fingerprint density at radius 1 is 1.11 bits per heavy atom. The first-order chi connectivity index (χ1) is 13.2. The summed E-state index contributed by atoms with van der Waals surface area (Å²) in [7, 11) is -3.62.